The number of nitrogens with one attached hydrogen (secondary N) is 1. The van der Waals surface area contributed by atoms with E-state index in [9.17, 15) is 13.2 Å². The molecule has 0 aliphatic heterocycles. The van der Waals surface area contributed by atoms with Crippen LogP contribution in [0.5, 0.6) is 5.75 Å². The first-order valence-corrected chi connectivity index (χ1v) is 6.40. The Morgan fingerprint density at radius 2 is 2.05 bits per heavy atom. The van der Waals surface area contributed by atoms with Crippen molar-refractivity contribution in [3.05, 3.63) is 28.8 Å². The van der Waals surface area contributed by atoms with E-state index in [1.165, 1.54) is 7.11 Å². The van der Waals surface area contributed by atoms with Crippen molar-refractivity contribution in [2.24, 2.45) is 0 Å². The molecule has 114 valence electrons. The summed E-state index contributed by atoms with van der Waals surface area (Å²) in [4.78, 5) is 0. The number of alkyl halides is 3. The van der Waals surface area contributed by atoms with E-state index in [2.05, 4.69) is 10.1 Å². The van der Waals surface area contributed by atoms with Crippen molar-refractivity contribution in [1.82, 2.24) is 5.32 Å². The Kier molecular flexibility index (Phi) is 6.58. The Balaban J connectivity index is 2.56. The van der Waals surface area contributed by atoms with Crippen LogP contribution >= 0.6 is 11.6 Å². The van der Waals surface area contributed by atoms with Crippen LogP contribution < -0.4 is 10.1 Å². The number of hydrogen-bond acceptors (Lipinski definition) is 3. The molecule has 0 radical (unpaired) electrons. The molecule has 0 saturated carbocycles. The second kappa shape index (κ2) is 7.71. The van der Waals surface area contributed by atoms with E-state index in [4.69, 9.17) is 16.3 Å². The molecule has 0 bridgehead atoms. The van der Waals surface area contributed by atoms with Gasteiger partial charge in [-0.25, -0.2) is 0 Å². The van der Waals surface area contributed by atoms with Crippen LogP contribution in [-0.4, -0.2) is 33.5 Å². The maximum Gasteiger partial charge on any atom is 0.411 e. The summed E-state index contributed by atoms with van der Waals surface area (Å²) in [7, 11) is 3.24. The molecular weight excluding hydrogens is 295 g/mol. The van der Waals surface area contributed by atoms with Gasteiger partial charge in [-0.05, 0) is 31.2 Å². The van der Waals surface area contributed by atoms with Crippen LogP contribution in [0.1, 0.15) is 18.0 Å². The molecular formula is C13H17ClF3NO2. The van der Waals surface area contributed by atoms with Gasteiger partial charge in [-0.2, -0.15) is 13.2 Å². The van der Waals surface area contributed by atoms with E-state index >= 15 is 0 Å². The summed E-state index contributed by atoms with van der Waals surface area (Å²) < 4.78 is 45.5. The second-order valence-electron chi connectivity index (χ2n) is 4.19. The molecule has 0 aliphatic carbocycles. The number of methoxy groups -OCH3 is 1. The number of ether oxygens (including phenoxy) is 2. The van der Waals surface area contributed by atoms with Crippen LogP contribution in [0.2, 0.25) is 5.02 Å². The average molecular weight is 312 g/mol. The first kappa shape index (κ1) is 17.1. The van der Waals surface area contributed by atoms with E-state index in [0.717, 1.165) is 5.56 Å². The molecule has 0 aromatic heterocycles. The molecule has 1 aromatic rings. The molecule has 0 fully saturated rings. The summed E-state index contributed by atoms with van der Waals surface area (Å²) in [6.45, 7) is -1.22. The molecule has 0 saturated heterocycles. The monoisotopic (exact) mass is 311 g/mol. The van der Waals surface area contributed by atoms with Gasteiger partial charge in [0, 0.05) is 12.6 Å². The Hall–Kier alpha value is -0.980. The third-order valence-electron chi connectivity index (χ3n) is 2.74. The molecule has 1 N–H and O–H groups in total. The van der Waals surface area contributed by atoms with Crippen LogP contribution in [0.15, 0.2) is 18.2 Å². The molecule has 0 spiro atoms. The number of benzene rings is 1. The fourth-order valence-corrected chi connectivity index (χ4v) is 2.03. The van der Waals surface area contributed by atoms with Crippen LogP contribution in [0.3, 0.4) is 0 Å². The zero-order valence-corrected chi connectivity index (χ0v) is 12.0. The Bertz CT molecular complexity index is 427. The van der Waals surface area contributed by atoms with Crippen molar-refractivity contribution < 1.29 is 22.6 Å². The van der Waals surface area contributed by atoms with Gasteiger partial charge in [0.2, 0.25) is 0 Å². The lowest BCUT2D eigenvalue weighted by atomic mass is 10.0. The van der Waals surface area contributed by atoms with Crippen LogP contribution in [0.25, 0.3) is 0 Å². The molecule has 1 aromatic carbocycles. The minimum Gasteiger partial charge on any atom is -0.495 e. The number of hydrogen-bond donors (Lipinski definition) is 1. The van der Waals surface area contributed by atoms with Gasteiger partial charge in [0.15, 0.2) is 0 Å². The molecule has 0 amide bonds. The molecule has 0 heterocycles. The minimum absolute atomic E-state index is 0.00860. The lowest BCUT2D eigenvalue weighted by Crippen LogP contribution is -2.21. The summed E-state index contributed by atoms with van der Waals surface area (Å²) in [6.07, 6.45) is -3.88. The Morgan fingerprint density at radius 3 is 2.55 bits per heavy atom. The third-order valence-corrected chi connectivity index (χ3v) is 3.04. The predicted octanol–water partition coefficient (Wildman–Crippen LogP) is 3.58. The molecule has 1 rings (SSSR count). The Labute approximate surface area is 121 Å². The predicted molar refractivity (Wildman–Crippen MR) is 71.3 cm³/mol. The standard InChI is InChI=1S/C13H17ClF3NO2/c1-18-11(5-6-20-8-13(15,16)17)9-3-4-12(19-2)10(14)7-9/h3-4,7,11,18H,5-6,8H2,1-2H3. The zero-order valence-electron chi connectivity index (χ0n) is 11.3. The minimum atomic E-state index is -4.29. The lowest BCUT2D eigenvalue weighted by molar-refractivity contribution is -0.174. The highest BCUT2D eigenvalue weighted by atomic mass is 35.5. The summed E-state index contributed by atoms with van der Waals surface area (Å²) in [6, 6.07) is 5.13. The van der Waals surface area contributed by atoms with E-state index in [0.29, 0.717) is 17.2 Å². The van der Waals surface area contributed by atoms with Crippen molar-refractivity contribution in [1.29, 1.82) is 0 Å². The largest absolute Gasteiger partial charge is 0.495 e. The van der Waals surface area contributed by atoms with Crippen molar-refractivity contribution in [3.63, 3.8) is 0 Å². The van der Waals surface area contributed by atoms with E-state index in [1.54, 1.807) is 19.2 Å². The first-order chi connectivity index (χ1) is 9.37. The topological polar surface area (TPSA) is 30.5 Å². The number of rotatable bonds is 7. The summed E-state index contributed by atoms with van der Waals surface area (Å²) in [5, 5.41) is 3.48. The fourth-order valence-electron chi connectivity index (χ4n) is 1.77. The summed E-state index contributed by atoms with van der Waals surface area (Å²) in [5.74, 6) is 0.554. The average Bonchev–Trinajstić information content (AvgIpc) is 2.37. The van der Waals surface area contributed by atoms with E-state index in [-0.39, 0.29) is 12.6 Å². The molecule has 20 heavy (non-hydrogen) atoms. The van der Waals surface area contributed by atoms with Crippen LogP contribution in [0.4, 0.5) is 13.2 Å². The maximum atomic E-state index is 11.9. The normalized spacial score (nSPS) is 13.3. The highest BCUT2D eigenvalue weighted by Gasteiger charge is 2.27. The van der Waals surface area contributed by atoms with Gasteiger partial charge in [-0.15, -0.1) is 0 Å². The van der Waals surface area contributed by atoms with Crippen molar-refractivity contribution in [3.8, 4) is 5.75 Å². The molecule has 3 nitrogen and oxygen atoms in total. The van der Waals surface area contributed by atoms with E-state index in [1.807, 2.05) is 6.07 Å². The Morgan fingerprint density at radius 1 is 1.35 bits per heavy atom. The van der Waals surface area contributed by atoms with E-state index < -0.39 is 12.8 Å². The highest BCUT2D eigenvalue weighted by molar-refractivity contribution is 6.32. The summed E-state index contributed by atoms with van der Waals surface area (Å²) >= 11 is 6.02. The molecule has 0 aliphatic rings. The van der Waals surface area contributed by atoms with Gasteiger partial charge in [0.25, 0.3) is 0 Å². The van der Waals surface area contributed by atoms with Gasteiger partial charge in [0.1, 0.15) is 12.4 Å². The van der Waals surface area contributed by atoms with Gasteiger partial charge in [-0.3, -0.25) is 0 Å². The fraction of sp³-hybridized carbons (Fsp3) is 0.538. The van der Waals surface area contributed by atoms with Gasteiger partial charge >= 0.3 is 6.18 Å². The van der Waals surface area contributed by atoms with Crippen molar-refractivity contribution >= 4 is 11.6 Å². The molecule has 1 unspecified atom stereocenters. The van der Waals surface area contributed by atoms with Crippen molar-refractivity contribution in [2.75, 3.05) is 27.4 Å². The van der Waals surface area contributed by atoms with Gasteiger partial charge in [-0.1, -0.05) is 17.7 Å². The first-order valence-electron chi connectivity index (χ1n) is 6.02. The quantitative estimate of drug-likeness (QED) is 0.781. The molecule has 1 atom stereocenters. The van der Waals surface area contributed by atoms with Gasteiger partial charge < -0.3 is 14.8 Å². The summed E-state index contributed by atoms with van der Waals surface area (Å²) in [5.41, 5.74) is 0.869. The van der Waals surface area contributed by atoms with Crippen molar-refractivity contribution in [2.45, 2.75) is 18.6 Å². The van der Waals surface area contributed by atoms with Crippen LogP contribution in [-0.2, 0) is 4.74 Å². The zero-order chi connectivity index (χ0) is 15.2. The highest BCUT2D eigenvalue weighted by Crippen LogP contribution is 2.28. The second-order valence-corrected chi connectivity index (χ2v) is 4.60. The third kappa shape index (κ3) is 5.56. The SMILES string of the molecule is CNC(CCOCC(F)(F)F)c1ccc(OC)c(Cl)c1. The van der Waals surface area contributed by atoms with Crippen LogP contribution in [0, 0.1) is 0 Å². The maximum absolute atomic E-state index is 11.9. The molecule has 7 heteroatoms. The lowest BCUT2D eigenvalue weighted by Gasteiger charge is -2.18. The van der Waals surface area contributed by atoms with Gasteiger partial charge in [0.05, 0.1) is 12.1 Å². The smallest absolute Gasteiger partial charge is 0.411 e. The number of halogens is 4.